The number of carboxylic acid groups (broad SMARTS) is 1. The van der Waals surface area contributed by atoms with Gasteiger partial charge in [0.15, 0.2) is 0 Å². The van der Waals surface area contributed by atoms with Crippen molar-refractivity contribution in [1.29, 1.82) is 0 Å². The number of aromatic carboxylic acids is 1. The van der Waals surface area contributed by atoms with E-state index in [4.69, 9.17) is 9.84 Å². The molecule has 0 aliphatic heterocycles. The summed E-state index contributed by atoms with van der Waals surface area (Å²) in [6.07, 6.45) is 5.94. The maximum Gasteiger partial charge on any atom is 0.335 e. The van der Waals surface area contributed by atoms with Gasteiger partial charge in [-0.05, 0) is 36.2 Å². The first-order valence-electron chi connectivity index (χ1n) is 8.38. The van der Waals surface area contributed by atoms with Gasteiger partial charge in [0.25, 0.3) is 0 Å². The van der Waals surface area contributed by atoms with Crippen molar-refractivity contribution in [3.05, 3.63) is 53.8 Å². The maximum atomic E-state index is 14.1. The van der Waals surface area contributed by atoms with Crippen molar-refractivity contribution in [2.75, 3.05) is 6.61 Å². The summed E-state index contributed by atoms with van der Waals surface area (Å²) in [5, 5.41) is 8.87. The van der Waals surface area contributed by atoms with Gasteiger partial charge in [-0.25, -0.2) is 9.18 Å². The molecule has 1 N–H and O–H groups in total. The Morgan fingerprint density at radius 1 is 1.04 bits per heavy atom. The number of carboxylic acids is 1. The van der Waals surface area contributed by atoms with E-state index in [-0.39, 0.29) is 5.56 Å². The van der Waals surface area contributed by atoms with Gasteiger partial charge in [0, 0.05) is 5.56 Å². The number of halogens is 1. The number of benzene rings is 2. The molecule has 0 heterocycles. The van der Waals surface area contributed by atoms with Crippen molar-refractivity contribution in [1.82, 2.24) is 0 Å². The molecule has 0 aromatic heterocycles. The molecule has 0 unspecified atom stereocenters. The van der Waals surface area contributed by atoms with Gasteiger partial charge < -0.3 is 9.84 Å². The minimum atomic E-state index is -1.14. The van der Waals surface area contributed by atoms with Crippen LogP contribution in [0.5, 0.6) is 5.75 Å². The topological polar surface area (TPSA) is 46.5 Å². The Labute approximate surface area is 142 Å². The fourth-order valence-electron chi connectivity index (χ4n) is 2.51. The average Bonchev–Trinajstić information content (AvgIpc) is 2.58. The standard InChI is InChI=1S/C20H23FO3/c1-2-3-4-5-6-13-24-17-10-7-15(8-11-17)18-12-9-16(20(22)23)14-19(18)21/h7-12,14H,2-6,13H2,1H3,(H,22,23). The van der Waals surface area contributed by atoms with Crippen LogP contribution in [0.15, 0.2) is 42.5 Å². The quantitative estimate of drug-likeness (QED) is 0.614. The first-order valence-corrected chi connectivity index (χ1v) is 8.38. The Kier molecular flexibility index (Phi) is 6.79. The third-order valence-corrected chi connectivity index (χ3v) is 3.90. The van der Waals surface area contributed by atoms with E-state index in [9.17, 15) is 9.18 Å². The van der Waals surface area contributed by atoms with Crippen LogP contribution >= 0.6 is 0 Å². The van der Waals surface area contributed by atoms with Gasteiger partial charge in [-0.15, -0.1) is 0 Å². The summed E-state index contributed by atoms with van der Waals surface area (Å²) < 4.78 is 19.7. The molecule has 0 radical (unpaired) electrons. The van der Waals surface area contributed by atoms with Crippen LogP contribution in [0.1, 0.15) is 49.4 Å². The molecule has 0 spiro atoms. The van der Waals surface area contributed by atoms with Crippen molar-refractivity contribution in [2.45, 2.75) is 39.0 Å². The van der Waals surface area contributed by atoms with E-state index in [0.717, 1.165) is 18.2 Å². The molecule has 0 atom stereocenters. The summed E-state index contributed by atoms with van der Waals surface area (Å²) in [4.78, 5) is 10.8. The number of hydrogen-bond donors (Lipinski definition) is 1. The number of hydrogen-bond acceptors (Lipinski definition) is 2. The minimum absolute atomic E-state index is 0.0562. The van der Waals surface area contributed by atoms with Gasteiger partial charge in [0.2, 0.25) is 0 Å². The molecule has 2 aromatic rings. The van der Waals surface area contributed by atoms with Crippen molar-refractivity contribution >= 4 is 5.97 Å². The van der Waals surface area contributed by atoms with Crippen molar-refractivity contribution in [2.24, 2.45) is 0 Å². The third-order valence-electron chi connectivity index (χ3n) is 3.90. The SMILES string of the molecule is CCCCCCCOc1ccc(-c2ccc(C(=O)O)cc2F)cc1. The molecular weight excluding hydrogens is 307 g/mol. The number of unbranched alkanes of at least 4 members (excludes halogenated alkanes) is 4. The van der Waals surface area contributed by atoms with E-state index in [0.29, 0.717) is 17.7 Å². The molecule has 0 bridgehead atoms. The summed E-state index contributed by atoms with van der Waals surface area (Å²) in [5.74, 6) is -0.917. The molecule has 128 valence electrons. The van der Waals surface area contributed by atoms with Gasteiger partial charge in [-0.3, -0.25) is 0 Å². The average molecular weight is 330 g/mol. The van der Waals surface area contributed by atoms with E-state index in [1.54, 1.807) is 12.1 Å². The van der Waals surface area contributed by atoms with Crippen molar-refractivity contribution in [3.8, 4) is 16.9 Å². The Morgan fingerprint density at radius 2 is 1.75 bits per heavy atom. The first-order chi connectivity index (χ1) is 11.6. The zero-order valence-electron chi connectivity index (χ0n) is 13.9. The predicted molar refractivity (Wildman–Crippen MR) is 93.0 cm³/mol. The van der Waals surface area contributed by atoms with E-state index in [1.165, 1.54) is 37.8 Å². The normalized spacial score (nSPS) is 10.6. The van der Waals surface area contributed by atoms with Crippen LogP contribution in [-0.4, -0.2) is 17.7 Å². The highest BCUT2D eigenvalue weighted by molar-refractivity contribution is 5.88. The van der Waals surface area contributed by atoms with Crippen LogP contribution in [0.25, 0.3) is 11.1 Å². The summed E-state index contributed by atoms with van der Waals surface area (Å²) >= 11 is 0. The lowest BCUT2D eigenvalue weighted by Gasteiger charge is -2.08. The maximum absolute atomic E-state index is 14.1. The Hall–Kier alpha value is -2.36. The summed E-state index contributed by atoms with van der Waals surface area (Å²) in [6, 6.07) is 11.1. The van der Waals surface area contributed by atoms with Crippen LogP contribution in [0, 0.1) is 5.82 Å². The van der Waals surface area contributed by atoms with Gasteiger partial charge in [0.1, 0.15) is 11.6 Å². The lowest BCUT2D eigenvalue weighted by atomic mass is 10.0. The second kappa shape index (κ2) is 9.06. The molecule has 0 aliphatic carbocycles. The van der Waals surface area contributed by atoms with Crippen molar-refractivity contribution in [3.63, 3.8) is 0 Å². The number of rotatable bonds is 9. The molecule has 0 saturated heterocycles. The largest absolute Gasteiger partial charge is 0.494 e. The van der Waals surface area contributed by atoms with E-state index in [2.05, 4.69) is 6.92 Å². The summed E-state index contributed by atoms with van der Waals surface area (Å²) in [7, 11) is 0. The monoisotopic (exact) mass is 330 g/mol. The molecule has 4 heteroatoms. The molecule has 0 saturated carbocycles. The number of carbonyl (C=O) groups is 1. The third kappa shape index (κ3) is 5.08. The molecule has 0 fully saturated rings. The second-order valence-corrected chi connectivity index (χ2v) is 5.79. The van der Waals surface area contributed by atoms with Crippen LogP contribution in [-0.2, 0) is 0 Å². The number of ether oxygens (including phenoxy) is 1. The Morgan fingerprint density at radius 3 is 2.38 bits per heavy atom. The smallest absolute Gasteiger partial charge is 0.335 e. The van der Waals surface area contributed by atoms with Crippen molar-refractivity contribution < 1.29 is 19.0 Å². The Bertz CT molecular complexity index is 665. The molecule has 3 nitrogen and oxygen atoms in total. The molecule has 2 rings (SSSR count). The lowest BCUT2D eigenvalue weighted by molar-refractivity contribution is 0.0696. The van der Waals surface area contributed by atoms with E-state index in [1.807, 2.05) is 12.1 Å². The van der Waals surface area contributed by atoms with Gasteiger partial charge in [0.05, 0.1) is 12.2 Å². The second-order valence-electron chi connectivity index (χ2n) is 5.79. The Balaban J connectivity index is 1.93. The highest BCUT2D eigenvalue weighted by Crippen LogP contribution is 2.26. The fraction of sp³-hybridized carbons (Fsp3) is 0.350. The molecular formula is C20H23FO3. The fourth-order valence-corrected chi connectivity index (χ4v) is 2.51. The first kappa shape index (κ1) is 18.0. The summed E-state index contributed by atoms with van der Waals surface area (Å²) in [5.41, 5.74) is 1.02. The molecule has 2 aromatic carbocycles. The zero-order valence-corrected chi connectivity index (χ0v) is 13.9. The predicted octanol–water partition coefficient (Wildman–Crippen LogP) is 5.54. The van der Waals surface area contributed by atoms with Crippen LogP contribution in [0.3, 0.4) is 0 Å². The van der Waals surface area contributed by atoms with E-state index >= 15 is 0 Å². The van der Waals surface area contributed by atoms with Gasteiger partial charge in [-0.1, -0.05) is 50.8 Å². The van der Waals surface area contributed by atoms with Gasteiger partial charge in [-0.2, -0.15) is 0 Å². The van der Waals surface area contributed by atoms with Gasteiger partial charge >= 0.3 is 5.97 Å². The lowest BCUT2D eigenvalue weighted by Crippen LogP contribution is -1.98. The summed E-state index contributed by atoms with van der Waals surface area (Å²) in [6.45, 7) is 2.88. The van der Waals surface area contributed by atoms with Crippen LogP contribution in [0.2, 0.25) is 0 Å². The molecule has 0 amide bonds. The molecule has 24 heavy (non-hydrogen) atoms. The zero-order chi connectivity index (χ0) is 17.4. The minimum Gasteiger partial charge on any atom is -0.494 e. The highest BCUT2D eigenvalue weighted by atomic mass is 19.1. The van der Waals surface area contributed by atoms with E-state index < -0.39 is 11.8 Å². The van der Waals surface area contributed by atoms with Crippen LogP contribution in [0.4, 0.5) is 4.39 Å². The van der Waals surface area contributed by atoms with Crippen LogP contribution < -0.4 is 4.74 Å². The highest BCUT2D eigenvalue weighted by Gasteiger charge is 2.10. The molecule has 0 aliphatic rings.